The van der Waals surface area contributed by atoms with Gasteiger partial charge in [0.2, 0.25) is 0 Å². The van der Waals surface area contributed by atoms with Gasteiger partial charge in [0.05, 0.1) is 36.7 Å². The fraction of sp³-hybridized carbons (Fsp3) is 0.442. The Labute approximate surface area is 321 Å². The Balaban J connectivity index is 1.69. The van der Waals surface area contributed by atoms with Gasteiger partial charge < -0.3 is 28.6 Å². The number of piperidine rings is 1. The van der Waals surface area contributed by atoms with E-state index in [0.29, 0.717) is 59.9 Å². The van der Waals surface area contributed by atoms with E-state index in [1.807, 2.05) is 70.3 Å². The number of aryl methyl sites for hydroxylation is 1. The summed E-state index contributed by atoms with van der Waals surface area (Å²) in [6.07, 6.45) is 1.24. The summed E-state index contributed by atoms with van der Waals surface area (Å²) in [6.45, 7) is 22.9. The van der Waals surface area contributed by atoms with E-state index in [-0.39, 0.29) is 17.5 Å². The SMILES string of the molecule is C=CCOC1(C)CCN(c2c(C(OC(C)(C)C)C(=O)OC)c(C)c(C)c3nc(-c4cccc(-c5cc(OC(F)(F)F)ccc5OC(C)CC=C)c4)cn23)CC1. The molecule has 2 unspecified atom stereocenters. The molecule has 1 aliphatic rings. The average molecular weight is 764 g/mol. The van der Waals surface area contributed by atoms with Crippen LogP contribution in [-0.4, -0.2) is 65.8 Å². The third-order valence-electron chi connectivity index (χ3n) is 9.78. The molecule has 2 aromatic carbocycles. The number of ether oxygens (including phenoxy) is 5. The fourth-order valence-electron chi connectivity index (χ4n) is 6.91. The van der Waals surface area contributed by atoms with Gasteiger partial charge in [0.15, 0.2) is 6.10 Å². The number of rotatable bonds is 14. The summed E-state index contributed by atoms with van der Waals surface area (Å²) in [7, 11) is 1.36. The molecule has 2 aromatic heterocycles. The monoisotopic (exact) mass is 763 g/mol. The molecule has 0 N–H and O–H groups in total. The highest BCUT2D eigenvalue weighted by Crippen LogP contribution is 2.42. The molecule has 0 amide bonds. The maximum atomic E-state index is 13.6. The number of nitrogens with zero attached hydrogens (tertiary/aromatic N) is 3. The van der Waals surface area contributed by atoms with E-state index in [0.717, 1.165) is 35.3 Å². The summed E-state index contributed by atoms with van der Waals surface area (Å²) < 4.78 is 70.3. The predicted molar refractivity (Wildman–Crippen MR) is 209 cm³/mol. The summed E-state index contributed by atoms with van der Waals surface area (Å²) >= 11 is 0. The van der Waals surface area contributed by atoms with Crippen molar-refractivity contribution >= 4 is 17.4 Å². The molecule has 5 rings (SSSR count). The largest absolute Gasteiger partial charge is 0.573 e. The third-order valence-corrected chi connectivity index (χ3v) is 9.78. The van der Waals surface area contributed by atoms with Crippen molar-refractivity contribution in [2.24, 2.45) is 0 Å². The van der Waals surface area contributed by atoms with Crippen molar-refractivity contribution < 1.29 is 41.7 Å². The molecule has 9 nitrogen and oxygen atoms in total. The molecule has 55 heavy (non-hydrogen) atoms. The Bertz CT molecular complexity index is 2020. The number of anilines is 1. The summed E-state index contributed by atoms with van der Waals surface area (Å²) in [4.78, 5) is 20.9. The van der Waals surface area contributed by atoms with Crippen LogP contribution < -0.4 is 14.4 Å². The van der Waals surface area contributed by atoms with Crippen molar-refractivity contribution in [1.29, 1.82) is 0 Å². The van der Waals surface area contributed by atoms with Crippen LogP contribution in [0.2, 0.25) is 0 Å². The fourth-order valence-corrected chi connectivity index (χ4v) is 6.91. The van der Waals surface area contributed by atoms with E-state index in [1.165, 1.54) is 25.3 Å². The van der Waals surface area contributed by atoms with Crippen molar-refractivity contribution in [3.8, 4) is 33.9 Å². The van der Waals surface area contributed by atoms with Gasteiger partial charge in [-0.1, -0.05) is 30.4 Å². The first kappa shape index (κ1) is 41.4. The molecule has 1 fully saturated rings. The summed E-state index contributed by atoms with van der Waals surface area (Å²) in [5.74, 6) is 0.288. The van der Waals surface area contributed by atoms with E-state index in [1.54, 1.807) is 18.2 Å². The van der Waals surface area contributed by atoms with Crippen molar-refractivity contribution in [3.05, 3.63) is 90.7 Å². The number of hydrogen-bond acceptors (Lipinski definition) is 8. The zero-order chi connectivity index (χ0) is 40.3. The van der Waals surface area contributed by atoms with Crippen molar-refractivity contribution in [1.82, 2.24) is 9.38 Å². The van der Waals surface area contributed by atoms with Gasteiger partial charge in [-0.15, -0.1) is 26.3 Å². The van der Waals surface area contributed by atoms with Crippen molar-refractivity contribution in [2.75, 3.05) is 31.7 Å². The first-order valence-electron chi connectivity index (χ1n) is 18.4. The molecule has 1 aliphatic heterocycles. The second kappa shape index (κ2) is 16.5. The molecule has 0 aliphatic carbocycles. The lowest BCUT2D eigenvalue weighted by molar-refractivity contribution is -0.274. The molecular formula is C43H52F3N3O6. The van der Waals surface area contributed by atoms with Gasteiger partial charge in [0.1, 0.15) is 23.0 Å². The van der Waals surface area contributed by atoms with Gasteiger partial charge in [-0.05, 0) is 102 Å². The highest BCUT2D eigenvalue weighted by atomic mass is 19.4. The number of esters is 1. The molecule has 296 valence electrons. The second-order valence-corrected chi connectivity index (χ2v) is 15.2. The van der Waals surface area contributed by atoms with Crippen LogP contribution in [0.1, 0.15) is 76.7 Å². The molecule has 0 radical (unpaired) electrons. The molecule has 0 saturated carbocycles. The Hall–Kier alpha value is -4.81. The van der Waals surface area contributed by atoms with Crippen LogP contribution in [0, 0.1) is 13.8 Å². The number of carbonyl (C=O) groups is 1. The number of hydrogen-bond donors (Lipinski definition) is 0. The Morgan fingerprint density at radius 1 is 1.02 bits per heavy atom. The summed E-state index contributed by atoms with van der Waals surface area (Å²) in [5.41, 5.74) is 4.43. The normalized spacial score (nSPS) is 15.7. The molecule has 0 bridgehead atoms. The van der Waals surface area contributed by atoms with Crippen molar-refractivity contribution in [3.63, 3.8) is 0 Å². The number of aromatic nitrogens is 2. The lowest BCUT2D eigenvalue weighted by Crippen LogP contribution is -2.45. The first-order valence-corrected chi connectivity index (χ1v) is 18.4. The maximum absolute atomic E-state index is 13.6. The average Bonchev–Trinajstić information content (AvgIpc) is 3.57. The number of fused-ring (bicyclic) bond motifs is 1. The van der Waals surface area contributed by atoms with Crippen LogP contribution in [0.4, 0.5) is 19.0 Å². The minimum absolute atomic E-state index is 0.275. The molecule has 0 spiro atoms. The number of halogens is 3. The summed E-state index contributed by atoms with van der Waals surface area (Å²) in [5, 5.41) is 0. The van der Waals surface area contributed by atoms with Crippen LogP contribution in [0.3, 0.4) is 0 Å². The Morgan fingerprint density at radius 2 is 1.71 bits per heavy atom. The number of alkyl halides is 3. The Morgan fingerprint density at radius 3 is 2.33 bits per heavy atom. The molecular weight excluding hydrogens is 711 g/mol. The highest BCUT2D eigenvalue weighted by molar-refractivity contribution is 5.83. The standard InChI is InChI=1S/C43H52F3N3O6/c1-11-14-27(3)53-35-18-17-32(54-43(44,45)46)25-33(35)30-15-13-16-31(24-30)34-26-49-38(47-34)29(5)28(4)36(37(40(50)51-10)55-41(6,7)8)39(49)48-21-19-42(9,20-22-48)52-23-12-2/h11-13,15-18,24-27,37H,1-2,14,19-23H2,3-10H3. The van der Waals surface area contributed by atoms with Crippen molar-refractivity contribution in [2.45, 2.75) is 97.5 Å². The van der Waals surface area contributed by atoms with Gasteiger partial charge in [-0.25, -0.2) is 9.78 Å². The van der Waals surface area contributed by atoms with E-state index in [4.69, 9.17) is 23.9 Å². The number of methoxy groups -OCH3 is 1. The lowest BCUT2D eigenvalue weighted by Gasteiger charge is -2.41. The molecule has 2 atom stereocenters. The van der Waals surface area contributed by atoms with Gasteiger partial charge in [0.25, 0.3) is 0 Å². The van der Waals surface area contributed by atoms with E-state index >= 15 is 0 Å². The molecule has 3 heterocycles. The number of carbonyl (C=O) groups excluding carboxylic acids is 1. The molecule has 1 saturated heterocycles. The van der Waals surface area contributed by atoms with Gasteiger partial charge in [0, 0.05) is 42.4 Å². The minimum Gasteiger partial charge on any atom is -0.490 e. The lowest BCUT2D eigenvalue weighted by atomic mass is 9.92. The van der Waals surface area contributed by atoms with Crippen LogP contribution in [0.25, 0.3) is 28.0 Å². The predicted octanol–water partition coefficient (Wildman–Crippen LogP) is 10.1. The molecule has 4 aromatic rings. The van der Waals surface area contributed by atoms with Crippen LogP contribution >= 0.6 is 0 Å². The van der Waals surface area contributed by atoms with Crippen LogP contribution in [0.5, 0.6) is 11.5 Å². The highest BCUT2D eigenvalue weighted by Gasteiger charge is 2.38. The zero-order valence-electron chi connectivity index (χ0n) is 33.0. The van der Waals surface area contributed by atoms with Crippen LogP contribution in [0.15, 0.2) is 74.0 Å². The molecule has 12 heteroatoms. The van der Waals surface area contributed by atoms with Gasteiger partial charge in [-0.3, -0.25) is 4.40 Å². The number of benzene rings is 2. The van der Waals surface area contributed by atoms with E-state index in [9.17, 15) is 18.0 Å². The van der Waals surface area contributed by atoms with Crippen LogP contribution in [-0.2, 0) is 19.0 Å². The number of pyridine rings is 1. The first-order chi connectivity index (χ1) is 25.9. The zero-order valence-corrected chi connectivity index (χ0v) is 33.0. The minimum atomic E-state index is -4.86. The Kier molecular flexibility index (Phi) is 12.4. The summed E-state index contributed by atoms with van der Waals surface area (Å²) in [6, 6.07) is 11.4. The second-order valence-electron chi connectivity index (χ2n) is 15.2. The quantitative estimate of drug-likeness (QED) is 0.0928. The number of imidazole rings is 1. The maximum Gasteiger partial charge on any atom is 0.573 e. The van der Waals surface area contributed by atoms with Gasteiger partial charge >= 0.3 is 12.3 Å². The smallest absolute Gasteiger partial charge is 0.490 e. The third kappa shape index (κ3) is 9.71. The topological polar surface area (TPSA) is 83.8 Å². The van der Waals surface area contributed by atoms with E-state index < -0.39 is 24.0 Å². The van der Waals surface area contributed by atoms with E-state index in [2.05, 4.69) is 29.7 Å². The van der Waals surface area contributed by atoms with Gasteiger partial charge in [-0.2, -0.15) is 0 Å².